The van der Waals surface area contributed by atoms with Crippen molar-refractivity contribution in [1.82, 2.24) is 14.9 Å². The number of rotatable bonds is 7. The highest BCUT2D eigenvalue weighted by Crippen LogP contribution is 2.38. The molecule has 1 unspecified atom stereocenters. The van der Waals surface area contributed by atoms with Crippen LogP contribution in [0.5, 0.6) is 0 Å². The van der Waals surface area contributed by atoms with Crippen molar-refractivity contribution in [2.24, 2.45) is 5.73 Å². The monoisotopic (exact) mass is 445 g/mol. The second-order valence-electron chi connectivity index (χ2n) is 7.65. The lowest BCUT2D eigenvalue weighted by Crippen LogP contribution is -2.36. The fourth-order valence-corrected chi connectivity index (χ4v) is 4.29. The molecule has 164 valence electrons. The lowest BCUT2D eigenvalue weighted by molar-refractivity contribution is -0.119. The maximum Gasteiger partial charge on any atom is 0.255 e. The van der Waals surface area contributed by atoms with E-state index < -0.39 is 11.9 Å². The van der Waals surface area contributed by atoms with Crippen molar-refractivity contribution < 1.29 is 19.4 Å². The number of primary amides is 1. The topological polar surface area (TPSA) is 131 Å². The van der Waals surface area contributed by atoms with Gasteiger partial charge in [-0.25, -0.2) is 9.97 Å². The van der Waals surface area contributed by atoms with Gasteiger partial charge in [-0.15, -0.1) is 0 Å². The van der Waals surface area contributed by atoms with Crippen LogP contribution in [0.15, 0.2) is 24.4 Å². The van der Waals surface area contributed by atoms with Crippen LogP contribution in [-0.2, 0) is 9.53 Å². The molecular weight excluding hydrogens is 422 g/mol. The van der Waals surface area contributed by atoms with Gasteiger partial charge in [0.05, 0.1) is 23.0 Å². The Labute approximate surface area is 184 Å². The lowest BCUT2D eigenvalue weighted by atomic mass is 9.99. The number of carbonyl (C=O) groups is 2. The number of amides is 2. The molecule has 2 aromatic rings. The first kappa shape index (κ1) is 21.5. The molecular formula is C21H24ClN5O4. The fraction of sp³-hybridized carbons (Fsp3) is 0.429. The van der Waals surface area contributed by atoms with E-state index >= 15 is 0 Å². The summed E-state index contributed by atoms with van der Waals surface area (Å²) in [5.74, 6) is -0.446. The number of ether oxygens (including phenoxy) is 1. The molecule has 4 rings (SSSR count). The number of benzene rings is 1. The van der Waals surface area contributed by atoms with Gasteiger partial charge in [-0.2, -0.15) is 0 Å². The molecule has 1 aromatic heterocycles. The van der Waals surface area contributed by atoms with Crippen LogP contribution in [0.25, 0.3) is 11.3 Å². The minimum atomic E-state index is -0.605. The van der Waals surface area contributed by atoms with Gasteiger partial charge in [0.25, 0.3) is 5.91 Å². The van der Waals surface area contributed by atoms with Gasteiger partial charge < -0.3 is 25.8 Å². The van der Waals surface area contributed by atoms with Crippen molar-refractivity contribution in [1.29, 1.82) is 0 Å². The summed E-state index contributed by atoms with van der Waals surface area (Å²) >= 11 is 6.37. The average Bonchev–Trinajstić information content (AvgIpc) is 3.01. The molecule has 1 aromatic carbocycles. The highest BCUT2D eigenvalue weighted by atomic mass is 35.5. The first-order valence-corrected chi connectivity index (χ1v) is 10.6. The number of carbonyl (C=O) groups excluding carboxylic acids is 2. The molecule has 4 N–H and O–H groups in total. The molecule has 0 saturated carbocycles. The second-order valence-corrected chi connectivity index (χ2v) is 8.06. The van der Waals surface area contributed by atoms with Gasteiger partial charge in [0.2, 0.25) is 11.9 Å². The van der Waals surface area contributed by atoms with Crippen LogP contribution >= 0.6 is 11.6 Å². The molecule has 0 aliphatic carbocycles. The summed E-state index contributed by atoms with van der Waals surface area (Å²) in [6.45, 7) is 1.07. The Bertz CT molecular complexity index is 996. The Kier molecular flexibility index (Phi) is 6.35. The Hall–Kier alpha value is -2.75. The van der Waals surface area contributed by atoms with E-state index in [1.165, 1.54) is 11.1 Å². The minimum Gasteiger partial charge on any atom is -0.396 e. The Morgan fingerprint density at radius 2 is 2.13 bits per heavy atom. The van der Waals surface area contributed by atoms with Crippen molar-refractivity contribution in [3.05, 3.63) is 40.5 Å². The third kappa shape index (κ3) is 4.48. The standard InChI is InChI=1S/C21H24ClN5O4/c22-16-10-24-21(25-13-4-7-31-8-5-13)26-19(16)12-1-2-14-15(9-12)20(30)27(11-18(23)29)17(14)3-6-28/h1-2,9-10,13,17,28H,3-8,11H2,(H2,23,29)(H,24,25,26). The van der Waals surface area contributed by atoms with E-state index in [0.29, 0.717) is 47.4 Å². The maximum absolute atomic E-state index is 13.0. The number of nitrogens with zero attached hydrogens (tertiary/aromatic N) is 3. The zero-order valence-corrected chi connectivity index (χ0v) is 17.6. The molecule has 2 amide bonds. The number of hydrogen-bond donors (Lipinski definition) is 3. The van der Waals surface area contributed by atoms with Gasteiger partial charge in [0.1, 0.15) is 6.54 Å². The maximum atomic E-state index is 13.0. The van der Waals surface area contributed by atoms with Gasteiger partial charge in [-0.05, 0) is 30.9 Å². The molecule has 9 nitrogen and oxygen atoms in total. The first-order valence-electron chi connectivity index (χ1n) is 10.2. The summed E-state index contributed by atoms with van der Waals surface area (Å²) in [5.41, 5.74) is 7.69. The largest absolute Gasteiger partial charge is 0.396 e. The fourth-order valence-electron chi connectivity index (χ4n) is 4.09. The number of fused-ring (bicyclic) bond motifs is 1. The number of nitrogens with two attached hydrogens (primary N) is 1. The number of aliphatic hydroxyl groups is 1. The highest BCUT2D eigenvalue weighted by Gasteiger charge is 2.37. The Balaban J connectivity index is 1.65. The predicted molar refractivity (Wildman–Crippen MR) is 115 cm³/mol. The summed E-state index contributed by atoms with van der Waals surface area (Å²) in [6.07, 6.45) is 3.60. The van der Waals surface area contributed by atoms with Crippen LogP contribution in [0.2, 0.25) is 5.02 Å². The van der Waals surface area contributed by atoms with Crippen molar-refractivity contribution in [3.63, 3.8) is 0 Å². The second kappa shape index (κ2) is 9.17. The van der Waals surface area contributed by atoms with Crippen molar-refractivity contribution in [2.75, 3.05) is 31.7 Å². The van der Waals surface area contributed by atoms with Gasteiger partial charge >= 0.3 is 0 Å². The summed E-state index contributed by atoms with van der Waals surface area (Å²) in [5, 5.41) is 13.1. The number of anilines is 1. The summed E-state index contributed by atoms with van der Waals surface area (Å²) < 4.78 is 5.38. The third-order valence-electron chi connectivity index (χ3n) is 5.58. The van der Waals surface area contributed by atoms with Gasteiger partial charge in [0, 0.05) is 37.0 Å². The number of aliphatic hydroxyl groups excluding tert-OH is 1. The van der Waals surface area contributed by atoms with Crippen LogP contribution in [0, 0.1) is 0 Å². The van der Waals surface area contributed by atoms with Crippen molar-refractivity contribution in [2.45, 2.75) is 31.3 Å². The SMILES string of the molecule is NC(=O)CN1C(=O)c2cc(-c3nc(NC4CCOCC4)ncc3Cl)ccc2C1CCO. The molecule has 1 fully saturated rings. The van der Waals surface area contributed by atoms with E-state index in [1.54, 1.807) is 6.07 Å². The molecule has 0 radical (unpaired) electrons. The number of halogens is 1. The van der Waals surface area contributed by atoms with Crippen LogP contribution in [0.3, 0.4) is 0 Å². The Morgan fingerprint density at radius 1 is 1.35 bits per heavy atom. The molecule has 3 heterocycles. The van der Waals surface area contributed by atoms with Crippen LogP contribution in [0.4, 0.5) is 5.95 Å². The highest BCUT2D eigenvalue weighted by molar-refractivity contribution is 6.33. The number of hydrogen-bond acceptors (Lipinski definition) is 7. The summed E-state index contributed by atoms with van der Waals surface area (Å²) in [6, 6.07) is 5.19. The van der Waals surface area contributed by atoms with E-state index in [1.807, 2.05) is 12.1 Å². The molecule has 2 aliphatic heterocycles. The van der Waals surface area contributed by atoms with E-state index in [4.69, 9.17) is 22.1 Å². The van der Waals surface area contributed by atoms with Crippen LogP contribution in [-0.4, -0.2) is 64.2 Å². The van der Waals surface area contributed by atoms with E-state index in [2.05, 4.69) is 15.3 Å². The van der Waals surface area contributed by atoms with E-state index in [9.17, 15) is 14.7 Å². The molecule has 2 aliphatic rings. The normalized spacial score (nSPS) is 18.8. The Morgan fingerprint density at radius 3 is 2.84 bits per heavy atom. The lowest BCUT2D eigenvalue weighted by Gasteiger charge is -2.23. The number of aromatic nitrogens is 2. The quantitative estimate of drug-likeness (QED) is 0.591. The zero-order valence-electron chi connectivity index (χ0n) is 16.9. The predicted octanol–water partition coefficient (Wildman–Crippen LogP) is 1.75. The first-order chi connectivity index (χ1) is 15.0. The summed E-state index contributed by atoms with van der Waals surface area (Å²) in [7, 11) is 0. The van der Waals surface area contributed by atoms with E-state index in [-0.39, 0.29) is 25.1 Å². The molecule has 31 heavy (non-hydrogen) atoms. The minimum absolute atomic E-state index is 0.118. The van der Waals surface area contributed by atoms with Gasteiger partial charge in [-0.1, -0.05) is 23.7 Å². The molecule has 10 heteroatoms. The zero-order chi connectivity index (χ0) is 22.0. The molecule has 0 spiro atoms. The number of nitrogens with one attached hydrogen (secondary N) is 1. The molecule has 0 bridgehead atoms. The van der Waals surface area contributed by atoms with E-state index in [0.717, 1.165) is 18.4 Å². The van der Waals surface area contributed by atoms with Crippen LogP contribution < -0.4 is 11.1 Å². The third-order valence-corrected chi connectivity index (χ3v) is 5.86. The summed E-state index contributed by atoms with van der Waals surface area (Å²) in [4.78, 5) is 34.7. The van der Waals surface area contributed by atoms with Crippen LogP contribution in [0.1, 0.15) is 41.2 Å². The molecule has 1 atom stereocenters. The smallest absolute Gasteiger partial charge is 0.255 e. The average molecular weight is 446 g/mol. The van der Waals surface area contributed by atoms with Crippen molar-refractivity contribution >= 4 is 29.4 Å². The van der Waals surface area contributed by atoms with Gasteiger partial charge in [0.15, 0.2) is 0 Å². The van der Waals surface area contributed by atoms with Crippen molar-refractivity contribution in [3.8, 4) is 11.3 Å². The molecule has 1 saturated heterocycles. The van der Waals surface area contributed by atoms with Gasteiger partial charge in [-0.3, -0.25) is 9.59 Å².